The summed E-state index contributed by atoms with van der Waals surface area (Å²) in [5, 5.41) is 2.91. The molecule has 2 aromatic rings. The summed E-state index contributed by atoms with van der Waals surface area (Å²) >= 11 is 1.69. The molecule has 0 unspecified atom stereocenters. The SMILES string of the molecule is CSCc1ccc(-c2c(C)cc(C)cc2C)c(NC(=O)OC(C)(C)C)c1N. The van der Waals surface area contributed by atoms with Gasteiger partial charge in [0.25, 0.3) is 0 Å². The molecule has 27 heavy (non-hydrogen) atoms. The van der Waals surface area contributed by atoms with Crippen molar-refractivity contribution in [1.29, 1.82) is 0 Å². The van der Waals surface area contributed by atoms with E-state index in [1.807, 2.05) is 39.2 Å². The molecule has 3 N–H and O–H groups in total. The molecule has 0 fully saturated rings. The first kappa shape index (κ1) is 21.2. The molecule has 1 amide bonds. The Balaban J connectivity index is 2.61. The lowest BCUT2D eigenvalue weighted by Crippen LogP contribution is -2.27. The van der Waals surface area contributed by atoms with Gasteiger partial charge in [0.2, 0.25) is 0 Å². The number of rotatable bonds is 4. The van der Waals surface area contributed by atoms with Crippen molar-refractivity contribution in [2.24, 2.45) is 0 Å². The first-order valence-corrected chi connectivity index (χ1v) is 10.4. The molecular weight excluding hydrogens is 356 g/mol. The number of ether oxygens (including phenoxy) is 1. The number of nitrogen functional groups attached to an aromatic ring is 1. The summed E-state index contributed by atoms with van der Waals surface area (Å²) < 4.78 is 5.46. The number of amides is 1. The van der Waals surface area contributed by atoms with Crippen molar-refractivity contribution < 1.29 is 9.53 Å². The van der Waals surface area contributed by atoms with E-state index in [1.54, 1.807) is 11.8 Å². The number of benzene rings is 2. The zero-order valence-corrected chi connectivity index (χ0v) is 18.1. The van der Waals surface area contributed by atoms with Gasteiger partial charge in [-0.25, -0.2) is 4.79 Å². The molecular formula is C22H30N2O2S. The third kappa shape index (κ3) is 5.19. The van der Waals surface area contributed by atoms with Crippen molar-refractivity contribution in [3.8, 4) is 11.1 Å². The van der Waals surface area contributed by atoms with Gasteiger partial charge in [-0.05, 0) is 70.1 Å². The summed E-state index contributed by atoms with van der Waals surface area (Å²) in [6.07, 6.45) is 1.53. The second-order valence-corrected chi connectivity index (χ2v) is 8.76. The molecule has 0 atom stereocenters. The second-order valence-electron chi connectivity index (χ2n) is 7.89. The molecule has 0 saturated carbocycles. The van der Waals surface area contributed by atoms with Crippen molar-refractivity contribution in [2.75, 3.05) is 17.3 Å². The molecule has 2 rings (SSSR count). The van der Waals surface area contributed by atoms with Crippen LogP contribution in [0, 0.1) is 20.8 Å². The van der Waals surface area contributed by atoms with E-state index < -0.39 is 11.7 Å². The summed E-state index contributed by atoms with van der Waals surface area (Å²) in [6.45, 7) is 11.8. The highest BCUT2D eigenvalue weighted by Crippen LogP contribution is 2.39. The van der Waals surface area contributed by atoms with Crippen LogP contribution < -0.4 is 11.1 Å². The molecule has 2 aromatic carbocycles. The zero-order valence-electron chi connectivity index (χ0n) is 17.3. The Labute approximate surface area is 166 Å². The van der Waals surface area contributed by atoms with E-state index in [0.717, 1.165) is 33.6 Å². The fraction of sp³-hybridized carbons (Fsp3) is 0.409. The van der Waals surface area contributed by atoms with Crippen molar-refractivity contribution >= 4 is 29.2 Å². The third-order valence-corrected chi connectivity index (χ3v) is 4.81. The average molecular weight is 387 g/mol. The monoisotopic (exact) mass is 386 g/mol. The fourth-order valence-corrected chi connectivity index (χ4v) is 3.86. The van der Waals surface area contributed by atoms with Crippen LogP contribution >= 0.6 is 11.8 Å². The number of carbonyl (C=O) groups excluding carboxylic acids is 1. The Kier molecular flexibility index (Phi) is 6.47. The molecule has 0 spiro atoms. The minimum absolute atomic E-state index is 0.501. The highest BCUT2D eigenvalue weighted by atomic mass is 32.2. The predicted molar refractivity (Wildman–Crippen MR) is 118 cm³/mol. The second kappa shape index (κ2) is 8.26. The van der Waals surface area contributed by atoms with Gasteiger partial charge in [0.05, 0.1) is 11.4 Å². The minimum Gasteiger partial charge on any atom is -0.444 e. The van der Waals surface area contributed by atoms with E-state index in [-0.39, 0.29) is 0 Å². The summed E-state index contributed by atoms with van der Waals surface area (Å²) in [6, 6.07) is 8.37. The van der Waals surface area contributed by atoms with Gasteiger partial charge in [-0.3, -0.25) is 5.32 Å². The van der Waals surface area contributed by atoms with Crippen LogP contribution in [0.25, 0.3) is 11.1 Å². The molecule has 146 valence electrons. The summed E-state index contributed by atoms with van der Waals surface area (Å²) in [5.41, 5.74) is 13.6. The first-order chi connectivity index (χ1) is 12.5. The van der Waals surface area contributed by atoms with Crippen molar-refractivity contribution in [1.82, 2.24) is 0 Å². The number of anilines is 2. The largest absolute Gasteiger partial charge is 0.444 e. The maximum atomic E-state index is 12.5. The van der Waals surface area contributed by atoms with Crippen molar-refractivity contribution in [3.63, 3.8) is 0 Å². The highest BCUT2D eigenvalue weighted by molar-refractivity contribution is 7.97. The Bertz CT molecular complexity index is 831. The van der Waals surface area contributed by atoms with Crippen LogP contribution in [0.1, 0.15) is 43.0 Å². The van der Waals surface area contributed by atoms with Gasteiger partial charge in [0.15, 0.2) is 0 Å². The van der Waals surface area contributed by atoms with Gasteiger partial charge in [-0.2, -0.15) is 11.8 Å². The van der Waals surface area contributed by atoms with Crippen LogP contribution in [0.4, 0.5) is 16.2 Å². The fourth-order valence-electron chi connectivity index (χ4n) is 3.30. The molecule has 0 radical (unpaired) electrons. The standard InChI is InChI=1S/C22H30N2O2S/c1-13-10-14(2)18(15(3)11-13)17-9-8-16(12-27-7)19(23)20(17)24-21(25)26-22(4,5)6/h8-11H,12,23H2,1-7H3,(H,24,25). The van der Waals surface area contributed by atoms with Gasteiger partial charge < -0.3 is 10.5 Å². The van der Waals surface area contributed by atoms with Crippen LogP contribution in [-0.4, -0.2) is 18.0 Å². The van der Waals surface area contributed by atoms with E-state index in [0.29, 0.717) is 11.4 Å². The molecule has 0 bridgehead atoms. The average Bonchev–Trinajstić information content (AvgIpc) is 2.50. The van der Waals surface area contributed by atoms with E-state index in [1.165, 1.54) is 5.56 Å². The van der Waals surface area contributed by atoms with Crippen LogP contribution in [0.15, 0.2) is 24.3 Å². The lowest BCUT2D eigenvalue weighted by atomic mass is 9.91. The van der Waals surface area contributed by atoms with Gasteiger partial charge in [-0.15, -0.1) is 0 Å². The Morgan fingerprint density at radius 1 is 1.15 bits per heavy atom. The van der Waals surface area contributed by atoms with Gasteiger partial charge >= 0.3 is 6.09 Å². The maximum Gasteiger partial charge on any atom is 0.412 e. The van der Waals surface area contributed by atoms with Crippen molar-refractivity contribution in [2.45, 2.75) is 52.9 Å². The molecule has 0 heterocycles. The summed E-state index contributed by atoms with van der Waals surface area (Å²) in [7, 11) is 0. The number of hydrogen-bond donors (Lipinski definition) is 2. The van der Waals surface area contributed by atoms with Crippen molar-refractivity contribution in [3.05, 3.63) is 46.5 Å². The molecule has 0 aliphatic rings. The van der Waals surface area contributed by atoms with E-state index in [9.17, 15) is 4.79 Å². The number of hydrogen-bond acceptors (Lipinski definition) is 4. The first-order valence-electron chi connectivity index (χ1n) is 9.02. The Morgan fingerprint density at radius 2 is 1.74 bits per heavy atom. The zero-order chi connectivity index (χ0) is 20.4. The van der Waals surface area contributed by atoms with Crippen LogP contribution in [0.5, 0.6) is 0 Å². The lowest BCUT2D eigenvalue weighted by Gasteiger charge is -2.23. The molecule has 4 nitrogen and oxygen atoms in total. The van der Waals surface area contributed by atoms with E-state index >= 15 is 0 Å². The maximum absolute atomic E-state index is 12.5. The van der Waals surface area contributed by atoms with E-state index in [4.69, 9.17) is 10.5 Å². The van der Waals surface area contributed by atoms with Crippen LogP contribution in [0.2, 0.25) is 0 Å². The highest BCUT2D eigenvalue weighted by Gasteiger charge is 2.21. The van der Waals surface area contributed by atoms with E-state index in [2.05, 4.69) is 38.2 Å². The van der Waals surface area contributed by atoms with Crippen LogP contribution in [0.3, 0.4) is 0 Å². The van der Waals surface area contributed by atoms with Gasteiger partial charge in [-0.1, -0.05) is 29.8 Å². The summed E-state index contributed by atoms with van der Waals surface area (Å²) in [4.78, 5) is 12.5. The molecule has 0 saturated heterocycles. The Hall–Kier alpha value is -2.14. The molecule has 5 heteroatoms. The number of nitrogens with one attached hydrogen (secondary N) is 1. The summed E-state index contributed by atoms with van der Waals surface area (Å²) in [5.74, 6) is 0.779. The quantitative estimate of drug-likeness (QED) is 0.626. The normalized spacial score (nSPS) is 11.4. The topological polar surface area (TPSA) is 64.3 Å². The lowest BCUT2D eigenvalue weighted by molar-refractivity contribution is 0.0636. The molecule has 0 aliphatic carbocycles. The number of aryl methyl sites for hydroxylation is 3. The van der Waals surface area contributed by atoms with Crippen LogP contribution in [-0.2, 0) is 10.5 Å². The number of carbonyl (C=O) groups is 1. The predicted octanol–water partition coefficient (Wildman–Crippen LogP) is 6.07. The molecule has 0 aliphatic heterocycles. The smallest absolute Gasteiger partial charge is 0.412 e. The number of nitrogens with two attached hydrogens (primary N) is 1. The Morgan fingerprint density at radius 3 is 2.26 bits per heavy atom. The van der Waals surface area contributed by atoms with Gasteiger partial charge in [0, 0.05) is 11.3 Å². The third-order valence-electron chi connectivity index (χ3n) is 4.21. The minimum atomic E-state index is -0.578. The number of thioether (sulfide) groups is 1. The van der Waals surface area contributed by atoms with Gasteiger partial charge in [0.1, 0.15) is 5.60 Å². The molecule has 0 aromatic heterocycles.